The molecule has 1 aliphatic rings. The van der Waals surface area contributed by atoms with Crippen LogP contribution in [0.2, 0.25) is 5.15 Å². The van der Waals surface area contributed by atoms with E-state index < -0.39 is 41.8 Å². The Labute approximate surface area is 180 Å². The fourth-order valence-electron chi connectivity index (χ4n) is 3.07. The number of hydrogen-bond donors (Lipinski definition) is 2. The molecule has 1 unspecified atom stereocenters. The molecule has 0 aromatic carbocycles. The highest BCUT2D eigenvalue weighted by atomic mass is 35.5. The van der Waals surface area contributed by atoms with Gasteiger partial charge in [0.2, 0.25) is 0 Å². The molecule has 0 aliphatic heterocycles. The van der Waals surface area contributed by atoms with Gasteiger partial charge in [-0.15, -0.1) is 0 Å². The zero-order chi connectivity index (χ0) is 23.4. The van der Waals surface area contributed by atoms with Crippen LogP contribution >= 0.6 is 11.6 Å². The lowest BCUT2D eigenvalue weighted by molar-refractivity contribution is -0.296. The number of carbonyl (C=O) groups excluding carboxylic acids is 2. The van der Waals surface area contributed by atoms with E-state index in [1.165, 1.54) is 13.1 Å². The van der Waals surface area contributed by atoms with Crippen LogP contribution in [0.1, 0.15) is 44.0 Å². The molecule has 170 valence electrons. The van der Waals surface area contributed by atoms with E-state index in [2.05, 4.69) is 15.4 Å². The van der Waals surface area contributed by atoms with Crippen LogP contribution in [0.4, 0.5) is 23.8 Å². The van der Waals surface area contributed by atoms with Crippen LogP contribution in [0.3, 0.4) is 0 Å². The second-order valence-corrected chi connectivity index (χ2v) is 8.64. The van der Waals surface area contributed by atoms with Crippen molar-refractivity contribution in [2.75, 3.05) is 11.9 Å². The summed E-state index contributed by atoms with van der Waals surface area (Å²) >= 11 is 6.04. The highest BCUT2D eigenvalue weighted by molar-refractivity contribution is 6.30. The van der Waals surface area contributed by atoms with Crippen LogP contribution in [0.25, 0.3) is 5.65 Å². The molecule has 0 radical (unpaired) electrons. The Hall–Kier alpha value is -2.60. The lowest BCUT2D eigenvalue weighted by Crippen LogP contribution is -2.67. The first-order valence-corrected chi connectivity index (χ1v) is 9.63. The van der Waals surface area contributed by atoms with Gasteiger partial charge in [0, 0.05) is 13.1 Å². The third-order valence-corrected chi connectivity index (χ3v) is 5.06. The van der Waals surface area contributed by atoms with Crippen LogP contribution < -0.4 is 10.2 Å². The van der Waals surface area contributed by atoms with Crippen molar-refractivity contribution in [1.29, 1.82) is 0 Å². The molecule has 2 atom stereocenters. The Kier molecular flexibility index (Phi) is 5.60. The number of anilines is 1. The number of nitrogens with one attached hydrogen (secondary N) is 1. The summed E-state index contributed by atoms with van der Waals surface area (Å²) in [4.78, 5) is 30.1. The van der Waals surface area contributed by atoms with E-state index in [0.29, 0.717) is 0 Å². The van der Waals surface area contributed by atoms with E-state index in [4.69, 9.17) is 16.3 Å². The van der Waals surface area contributed by atoms with Crippen LogP contribution in [-0.2, 0) is 4.74 Å². The number of alkyl halides is 3. The van der Waals surface area contributed by atoms with Gasteiger partial charge in [0.1, 0.15) is 22.1 Å². The first-order valence-electron chi connectivity index (χ1n) is 9.25. The lowest BCUT2D eigenvalue weighted by Gasteiger charge is -2.46. The molecule has 2 amide bonds. The molecule has 1 aliphatic carbocycles. The average molecular weight is 464 g/mol. The molecule has 2 aromatic heterocycles. The Morgan fingerprint density at radius 2 is 2.03 bits per heavy atom. The third-order valence-electron chi connectivity index (χ3n) is 4.86. The van der Waals surface area contributed by atoms with Crippen molar-refractivity contribution in [3.05, 3.63) is 23.0 Å². The summed E-state index contributed by atoms with van der Waals surface area (Å²) in [7, 11) is 1.40. The van der Waals surface area contributed by atoms with Crippen molar-refractivity contribution in [2.24, 2.45) is 0 Å². The Bertz CT molecular complexity index is 1040. The number of nitrogens with zero attached hydrogens (tertiary/aromatic N) is 4. The Balaban J connectivity index is 1.91. The smallest absolute Gasteiger partial charge is 0.419 e. The quantitative estimate of drug-likeness (QED) is 0.677. The number of carbonyl (C=O) groups is 2. The van der Waals surface area contributed by atoms with E-state index >= 15 is 0 Å². The molecule has 13 heteroatoms. The minimum absolute atomic E-state index is 0.0399. The number of rotatable bonds is 3. The Morgan fingerprint density at radius 1 is 1.39 bits per heavy atom. The second-order valence-electron chi connectivity index (χ2n) is 8.26. The predicted octanol–water partition coefficient (Wildman–Crippen LogP) is 2.94. The molecule has 9 nitrogen and oxygen atoms in total. The molecule has 2 N–H and O–H groups in total. The number of aromatic nitrogens is 3. The fraction of sp³-hybridized carbons (Fsp3) is 0.556. The van der Waals surface area contributed by atoms with E-state index in [0.717, 1.165) is 15.6 Å². The SMILES string of the molecule is CN(C(=O)OC(C)(C)C)c1cc(Cl)nc2c(C(=O)NC3CC[C@@]3(O)C(F)(F)F)cnn12. The van der Waals surface area contributed by atoms with Crippen molar-refractivity contribution in [3.63, 3.8) is 0 Å². The number of aliphatic hydroxyl groups is 1. The van der Waals surface area contributed by atoms with Gasteiger partial charge in [-0.05, 0) is 33.6 Å². The van der Waals surface area contributed by atoms with Crippen LogP contribution in [-0.4, -0.2) is 62.2 Å². The molecule has 31 heavy (non-hydrogen) atoms. The molecule has 1 saturated carbocycles. The lowest BCUT2D eigenvalue weighted by atomic mass is 9.74. The van der Waals surface area contributed by atoms with Gasteiger partial charge in [0.05, 0.1) is 12.2 Å². The van der Waals surface area contributed by atoms with Crippen LogP contribution in [0.15, 0.2) is 12.3 Å². The summed E-state index contributed by atoms with van der Waals surface area (Å²) in [6.45, 7) is 5.06. The standard InChI is InChI=1S/C18H21ClF3N5O4/c1-16(2,3)31-15(29)26(4)12-7-11(19)25-13-9(8-23-27(12)13)14(28)24-10-5-6-17(10,30)18(20,21)22/h7-8,10,30H,5-6H2,1-4H3,(H,24,28)/t10?,17-/m0/s1. The van der Waals surface area contributed by atoms with Gasteiger partial charge in [0.15, 0.2) is 11.2 Å². The molecule has 2 heterocycles. The summed E-state index contributed by atoms with van der Waals surface area (Å²) in [5.41, 5.74) is -4.00. The number of hydrogen-bond acceptors (Lipinski definition) is 6. The van der Waals surface area contributed by atoms with Crippen molar-refractivity contribution in [3.8, 4) is 0 Å². The first-order chi connectivity index (χ1) is 14.1. The zero-order valence-electron chi connectivity index (χ0n) is 17.1. The summed E-state index contributed by atoms with van der Waals surface area (Å²) in [6, 6.07) is -0.181. The summed E-state index contributed by atoms with van der Waals surface area (Å²) in [5.74, 6) is -0.790. The molecule has 0 spiro atoms. The fourth-order valence-corrected chi connectivity index (χ4v) is 3.25. The predicted molar refractivity (Wildman–Crippen MR) is 104 cm³/mol. The van der Waals surface area contributed by atoms with Crippen molar-refractivity contribution in [1.82, 2.24) is 19.9 Å². The monoisotopic (exact) mass is 463 g/mol. The van der Waals surface area contributed by atoms with Gasteiger partial charge < -0.3 is 15.2 Å². The Morgan fingerprint density at radius 3 is 2.55 bits per heavy atom. The normalized spacial score (nSPS) is 21.5. The molecule has 0 bridgehead atoms. The van der Waals surface area contributed by atoms with Gasteiger partial charge in [-0.2, -0.15) is 22.8 Å². The summed E-state index contributed by atoms with van der Waals surface area (Å²) in [6.07, 6.45) is -5.06. The van der Waals surface area contributed by atoms with Crippen molar-refractivity contribution >= 4 is 35.1 Å². The molecular formula is C18H21ClF3N5O4. The maximum atomic E-state index is 13.1. The van der Waals surface area contributed by atoms with Crippen LogP contribution in [0, 0.1) is 0 Å². The van der Waals surface area contributed by atoms with Crippen LogP contribution in [0.5, 0.6) is 0 Å². The van der Waals surface area contributed by atoms with Gasteiger partial charge in [-0.1, -0.05) is 11.6 Å². The number of halogens is 4. The number of ether oxygens (including phenoxy) is 1. The van der Waals surface area contributed by atoms with E-state index in [9.17, 15) is 27.9 Å². The highest BCUT2D eigenvalue weighted by Crippen LogP contribution is 2.45. The molecule has 3 rings (SSSR count). The minimum Gasteiger partial charge on any atom is -0.443 e. The second kappa shape index (κ2) is 7.52. The maximum Gasteiger partial charge on any atom is 0.419 e. The minimum atomic E-state index is -4.88. The molecule has 1 fully saturated rings. The van der Waals surface area contributed by atoms with Crippen molar-refractivity contribution in [2.45, 2.75) is 57.0 Å². The van der Waals surface area contributed by atoms with E-state index in [-0.39, 0.29) is 28.6 Å². The number of fused-ring (bicyclic) bond motifs is 1. The highest BCUT2D eigenvalue weighted by Gasteiger charge is 2.64. The van der Waals surface area contributed by atoms with Gasteiger partial charge >= 0.3 is 12.3 Å². The average Bonchev–Trinajstić information content (AvgIpc) is 3.04. The van der Waals surface area contributed by atoms with Gasteiger partial charge in [0.25, 0.3) is 5.91 Å². The number of amides is 2. The molecule has 2 aromatic rings. The largest absolute Gasteiger partial charge is 0.443 e. The summed E-state index contributed by atoms with van der Waals surface area (Å²) in [5, 5.41) is 15.9. The van der Waals surface area contributed by atoms with E-state index in [1.807, 2.05) is 0 Å². The van der Waals surface area contributed by atoms with Gasteiger partial charge in [-0.3, -0.25) is 9.69 Å². The topological polar surface area (TPSA) is 109 Å². The van der Waals surface area contributed by atoms with Gasteiger partial charge in [-0.25, -0.2) is 9.78 Å². The third kappa shape index (κ3) is 4.26. The molecular weight excluding hydrogens is 443 g/mol. The first kappa shape index (κ1) is 23.1. The van der Waals surface area contributed by atoms with Crippen molar-refractivity contribution < 1.29 is 32.6 Å². The molecule has 0 saturated heterocycles. The summed E-state index contributed by atoms with van der Waals surface area (Å²) < 4.78 is 45.7. The zero-order valence-corrected chi connectivity index (χ0v) is 17.9. The van der Waals surface area contributed by atoms with E-state index in [1.54, 1.807) is 20.8 Å². The maximum absolute atomic E-state index is 13.1.